The first-order chi connectivity index (χ1) is 4.91. The quantitative estimate of drug-likeness (QED) is 0.795. The Morgan fingerprint density at radius 1 is 1.42 bits per heavy atom. The predicted octanol–water partition coefficient (Wildman–Crippen LogP) is 3.08. The van der Waals surface area contributed by atoms with E-state index in [0.29, 0.717) is 0 Å². The highest BCUT2D eigenvalue weighted by molar-refractivity contribution is 9.11. The maximum Gasteiger partial charge on any atom is 0.435 e. The highest BCUT2D eigenvalue weighted by atomic mass is 79.9. The van der Waals surface area contributed by atoms with Crippen molar-refractivity contribution in [2.24, 2.45) is 0 Å². The predicted molar refractivity (Wildman–Crippen MR) is 49.6 cm³/mol. The van der Waals surface area contributed by atoms with E-state index in [2.05, 4.69) is 20.9 Å². The fourth-order valence-electron chi connectivity index (χ4n) is 0.492. The van der Waals surface area contributed by atoms with Crippen molar-refractivity contribution in [1.29, 1.82) is 0 Å². The molecule has 2 nitrogen and oxygen atoms in total. The molecule has 0 amide bonds. The molecule has 1 aromatic rings. The Hall–Kier alpha value is 0.180. The summed E-state index contributed by atoms with van der Waals surface area (Å²) in [4.78, 5) is 3.11. The first kappa shape index (κ1) is 12.2. The molecule has 0 aliphatic rings. The Morgan fingerprint density at radius 3 is 2.08 bits per heavy atom. The minimum atomic E-state index is -4.42. The summed E-state index contributed by atoms with van der Waals surface area (Å²) in [7, 11) is 0. The first-order valence-electron chi connectivity index (χ1n) is 2.40. The van der Waals surface area contributed by atoms with Gasteiger partial charge in [0.1, 0.15) is 3.79 Å². The largest absolute Gasteiger partial charge is 0.435 e. The molecule has 0 aliphatic carbocycles. The molecule has 0 aromatic carbocycles. The van der Waals surface area contributed by atoms with E-state index < -0.39 is 11.9 Å². The molecule has 1 aromatic heterocycles. The highest BCUT2D eigenvalue weighted by Gasteiger charge is 2.36. The van der Waals surface area contributed by atoms with Crippen LogP contribution in [0, 0.1) is 0 Å². The van der Waals surface area contributed by atoms with Crippen LogP contribution in [-0.4, -0.2) is 4.98 Å². The molecule has 1 heterocycles. The zero-order valence-electron chi connectivity index (χ0n) is 5.35. The average molecular weight is 328 g/mol. The number of rotatable bonds is 0. The molecule has 0 saturated carbocycles. The molecule has 0 unspecified atom stereocenters. The van der Waals surface area contributed by atoms with Crippen molar-refractivity contribution >= 4 is 49.4 Å². The number of alkyl halides is 3. The molecule has 12 heavy (non-hydrogen) atoms. The van der Waals surface area contributed by atoms with Crippen molar-refractivity contribution in [2.45, 2.75) is 6.18 Å². The van der Waals surface area contributed by atoms with Crippen LogP contribution in [0.4, 0.5) is 18.3 Å². The van der Waals surface area contributed by atoms with Crippen molar-refractivity contribution in [3.8, 4) is 0 Å². The Bertz CT molecular complexity index is 272. The summed E-state index contributed by atoms with van der Waals surface area (Å²) in [5.74, 6) is 0. The second kappa shape index (κ2) is 3.93. The number of aromatic nitrogens is 1. The van der Waals surface area contributed by atoms with Crippen LogP contribution < -0.4 is 5.73 Å². The Balaban J connectivity index is 0.00000121. The van der Waals surface area contributed by atoms with E-state index in [1.54, 1.807) is 0 Å². The summed E-state index contributed by atoms with van der Waals surface area (Å²) >= 11 is 3.47. The van der Waals surface area contributed by atoms with Gasteiger partial charge in [-0.3, -0.25) is 0 Å². The number of nitrogens with zero attached hydrogens (tertiary/aromatic N) is 1. The van der Waals surface area contributed by atoms with Gasteiger partial charge in [-0.2, -0.15) is 13.2 Å². The fraction of sp³-hybridized carbons (Fsp3) is 0.250. The van der Waals surface area contributed by atoms with Crippen molar-refractivity contribution < 1.29 is 13.2 Å². The summed E-state index contributed by atoms with van der Waals surface area (Å²) < 4.78 is 35.7. The molecule has 0 spiro atoms. The van der Waals surface area contributed by atoms with Crippen LogP contribution in [0.2, 0.25) is 0 Å². The lowest BCUT2D eigenvalue weighted by atomic mass is 10.5. The third kappa shape index (κ3) is 2.60. The number of anilines is 1. The van der Waals surface area contributed by atoms with E-state index in [-0.39, 0.29) is 25.9 Å². The lowest BCUT2D eigenvalue weighted by Gasteiger charge is -2.00. The van der Waals surface area contributed by atoms with Crippen LogP contribution >= 0.6 is 44.2 Å². The lowest BCUT2D eigenvalue weighted by Crippen LogP contribution is -2.06. The van der Waals surface area contributed by atoms with Gasteiger partial charge in [0.25, 0.3) is 0 Å². The molecule has 0 atom stereocenters. The van der Waals surface area contributed by atoms with Crippen molar-refractivity contribution in [1.82, 2.24) is 4.98 Å². The van der Waals surface area contributed by atoms with Gasteiger partial charge in [-0.1, -0.05) is 11.3 Å². The Morgan fingerprint density at radius 2 is 1.92 bits per heavy atom. The molecule has 8 heteroatoms. The second-order valence-corrected chi connectivity index (χ2v) is 4.02. The molecule has 70 valence electrons. The summed E-state index contributed by atoms with van der Waals surface area (Å²) in [6, 6.07) is 0. The fourth-order valence-corrected chi connectivity index (χ4v) is 1.88. The topological polar surface area (TPSA) is 38.9 Å². The van der Waals surface area contributed by atoms with Gasteiger partial charge in [0.2, 0.25) is 0 Å². The molecule has 0 radical (unpaired) electrons. The standard InChI is InChI=1S/C4H2BrF3N2S.BrH/c5-2-1(4(6,7)8)10-3(9)11-2;/h(H2,9,10);1H. The zero-order chi connectivity index (χ0) is 8.65. The van der Waals surface area contributed by atoms with E-state index in [4.69, 9.17) is 5.73 Å². The highest BCUT2D eigenvalue weighted by Crippen LogP contribution is 2.38. The van der Waals surface area contributed by atoms with E-state index in [9.17, 15) is 13.2 Å². The van der Waals surface area contributed by atoms with E-state index in [0.717, 1.165) is 11.3 Å². The summed E-state index contributed by atoms with van der Waals surface area (Å²) in [6.45, 7) is 0. The SMILES string of the molecule is Br.Nc1nc(C(F)(F)F)c(Br)s1. The lowest BCUT2D eigenvalue weighted by molar-refractivity contribution is -0.141. The van der Waals surface area contributed by atoms with E-state index in [1.165, 1.54) is 0 Å². The maximum atomic E-state index is 11.9. The van der Waals surface area contributed by atoms with E-state index in [1.807, 2.05) is 0 Å². The zero-order valence-corrected chi connectivity index (χ0v) is 9.47. The molecule has 0 saturated heterocycles. The molecule has 1 rings (SSSR count). The van der Waals surface area contributed by atoms with E-state index >= 15 is 0 Å². The van der Waals surface area contributed by atoms with Gasteiger partial charge in [-0.15, -0.1) is 17.0 Å². The van der Waals surface area contributed by atoms with Gasteiger partial charge in [0.05, 0.1) is 0 Å². The summed E-state index contributed by atoms with van der Waals surface area (Å²) in [6.07, 6.45) is -4.42. The third-order valence-electron chi connectivity index (χ3n) is 0.871. The monoisotopic (exact) mass is 326 g/mol. The number of nitrogens with two attached hydrogens (primary N) is 1. The molecule has 0 aliphatic heterocycles. The van der Waals surface area contributed by atoms with Crippen LogP contribution in [0.15, 0.2) is 3.79 Å². The second-order valence-electron chi connectivity index (χ2n) is 1.67. The van der Waals surface area contributed by atoms with Gasteiger partial charge in [-0.25, -0.2) is 4.98 Å². The number of hydrogen-bond donors (Lipinski definition) is 1. The molecule has 0 fully saturated rings. The number of hydrogen-bond acceptors (Lipinski definition) is 3. The van der Waals surface area contributed by atoms with Crippen LogP contribution in [0.1, 0.15) is 5.69 Å². The van der Waals surface area contributed by atoms with Gasteiger partial charge in [0, 0.05) is 0 Å². The van der Waals surface area contributed by atoms with Gasteiger partial charge < -0.3 is 5.73 Å². The minimum absolute atomic E-state index is 0. The number of halogens is 5. The minimum Gasteiger partial charge on any atom is -0.375 e. The molecular formula is C4H3Br2F3N2S. The van der Waals surface area contributed by atoms with Crippen molar-refractivity contribution in [2.75, 3.05) is 5.73 Å². The molecular weight excluding hydrogens is 325 g/mol. The average Bonchev–Trinajstić information content (AvgIpc) is 2.08. The van der Waals surface area contributed by atoms with Crippen LogP contribution in [0.5, 0.6) is 0 Å². The number of thiazole rings is 1. The van der Waals surface area contributed by atoms with Crippen LogP contribution in [-0.2, 0) is 6.18 Å². The summed E-state index contributed by atoms with van der Waals surface area (Å²) in [5, 5.41) is -0.0933. The van der Waals surface area contributed by atoms with Crippen LogP contribution in [0.25, 0.3) is 0 Å². The van der Waals surface area contributed by atoms with Crippen molar-refractivity contribution in [3.63, 3.8) is 0 Å². The first-order valence-corrected chi connectivity index (χ1v) is 4.01. The van der Waals surface area contributed by atoms with Gasteiger partial charge >= 0.3 is 6.18 Å². The smallest absolute Gasteiger partial charge is 0.375 e. The maximum absolute atomic E-state index is 11.9. The van der Waals surface area contributed by atoms with Crippen LogP contribution in [0.3, 0.4) is 0 Å². The van der Waals surface area contributed by atoms with Gasteiger partial charge in [-0.05, 0) is 15.9 Å². The Labute approximate surface area is 88.9 Å². The van der Waals surface area contributed by atoms with Crippen molar-refractivity contribution in [3.05, 3.63) is 9.48 Å². The normalized spacial score (nSPS) is 11.0. The van der Waals surface area contributed by atoms with Gasteiger partial charge in [0.15, 0.2) is 10.8 Å². The summed E-state index contributed by atoms with van der Waals surface area (Å²) in [5.41, 5.74) is 4.10. The molecule has 2 N–H and O–H groups in total. The number of nitrogen functional groups attached to an aromatic ring is 1. The Kier molecular flexibility index (Phi) is 3.98. The third-order valence-corrected chi connectivity index (χ3v) is 2.41. The molecule has 0 bridgehead atoms.